The van der Waals surface area contributed by atoms with Crippen LogP contribution in [0.5, 0.6) is 6.01 Å². The summed E-state index contributed by atoms with van der Waals surface area (Å²) in [5, 5.41) is 7.49. The van der Waals surface area contributed by atoms with Gasteiger partial charge in [-0.2, -0.15) is 10.1 Å². The van der Waals surface area contributed by atoms with E-state index in [2.05, 4.69) is 15.2 Å². The quantitative estimate of drug-likeness (QED) is 0.715. The normalized spacial score (nSPS) is 9.79. The predicted octanol–water partition coefficient (Wildman–Crippen LogP) is 1.55. The molecule has 1 aromatic heterocycles. The first-order valence-electron chi connectivity index (χ1n) is 4.19. The fraction of sp³-hybridized carbons (Fsp3) is 0.100. The van der Waals surface area contributed by atoms with Crippen LogP contribution in [-0.4, -0.2) is 22.3 Å². The largest absolute Gasteiger partial charge is 0.466 e. The highest BCUT2D eigenvalue weighted by Crippen LogP contribution is 2.15. The van der Waals surface area contributed by atoms with Gasteiger partial charge in [-0.15, -0.1) is 0 Å². The van der Waals surface area contributed by atoms with Gasteiger partial charge in [-0.1, -0.05) is 35.4 Å². The number of aromatic nitrogens is 3. The molecule has 0 bridgehead atoms. The van der Waals surface area contributed by atoms with E-state index in [9.17, 15) is 0 Å². The zero-order valence-corrected chi connectivity index (χ0v) is 7.71. The summed E-state index contributed by atoms with van der Waals surface area (Å²) in [5.41, 5.74) is 1.76. The molecule has 14 heavy (non-hydrogen) atoms. The van der Waals surface area contributed by atoms with E-state index in [4.69, 9.17) is 4.74 Å². The van der Waals surface area contributed by atoms with Gasteiger partial charge in [0.2, 0.25) is 0 Å². The van der Waals surface area contributed by atoms with Crippen LogP contribution in [0.4, 0.5) is 0 Å². The van der Waals surface area contributed by atoms with Crippen LogP contribution >= 0.6 is 0 Å². The van der Waals surface area contributed by atoms with Crippen molar-refractivity contribution in [2.45, 2.75) is 0 Å². The van der Waals surface area contributed by atoms with Gasteiger partial charge in [0.15, 0.2) is 0 Å². The Bertz CT molecular complexity index is 417. The number of hydrogen-bond donors (Lipinski definition) is 0. The smallest absolute Gasteiger partial charge is 0.335 e. The van der Waals surface area contributed by atoms with Crippen molar-refractivity contribution in [2.75, 3.05) is 7.11 Å². The summed E-state index contributed by atoms with van der Waals surface area (Å²) in [6.07, 6.45) is 1.61. The minimum Gasteiger partial charge on any atom is -0.466 e. The first-order chi connectivity index (χ1) is 6.90. The van der Waals surface area contributed by atoms with Crippen LogP contribution in [0, 0.1) is 0 Å². The Kier molecular flexibility index (Phi) is 2.36. The Labute approximate surface area is 81.6 Å². The molecule has 0 radical (unpaired) electrons. The molecule has 0 fully saturated rings. The van der Waals surface area contributed by atoms with Crippen LogP contribution < -0.4 is 4.74 Å². The molecule has 0 saturated carbocycles. The Balaban J connectivity index is 2.42. The maximum Gasteiger partial charge on any atom is 0.335 e. The molecule has 0 saturated heterocycles. The maximum atomic E-state index is 4.89. The number of benzene rings is 1. The van der Waals surface area contributed by atoms with E-state index in [0.29, 0.717) is 0 Å². The van der Waals surface area contributed by atoms with E-state index in [-0.39, 0.29) is 6.01 Å². The van der Waals surface area contributed by atoms with Crippen molar-refractivity contribution in [3.63, 3.8) is 0 Å². The molecule has 0 aliphatic carbocycles. The molecule has 2 rings (SSSR count). The number of methoxy groups -OCH3 is 1. The number of ether oxygens (including phenoxy) is 1. The molecule has 0 unspecified atom stereocenters. The molecule has 0 spiro atoms. The van der Waals surface area contributed by atoms with E-state index in [1.54, 1.807) is 6.20 Å². The molecule has 70 valence electrons. The highest BCUT2D eigenvalue weighted by atomic mass is 16.5. The summed E-state index contributed by atoms with van der Waals surface area (Å²) in [7, 11) is 1.52. The average molecular weight is 187 g/mol. The molecule has 0 atom stereocenters. The molecule has 2 aromatic rings. The predicted molar refractivity (Wildman–Crippen MR) is 51.8 cm³/mol. The van der Waals surface area contributed by atoms with E-state index < -0.39 is 0 Å². The molecule has 0 N–H and O–H groups in total. The fourth-order valence-electron chi connectivity index (χ4n) is 1.12. The van der Waals surface area contributed by atoms with Gasteiger partial charge in [0.05, 0.1) is 19.0 Å². The Morgan fingerprint density at radius 3 is 2.64 bits per heavy atom. The first-order valence-corrected chi connectivity index (χ1v) is 4.19. The Morgan fingerprint density at radius 2 is 1.93 bits per heavy atom. The summed E-state index contributed by atoms with van der Waals surface area (Å²) in [4.78, 5) is 4.17. The topological polar surface area (TPSA) is 47.9 Å². The number of rotatable bonds is 2. The van der Waals surface area contributed by atoms with Gasteiger partial charge in [-0.05, 0) is 0 Å². The second kappa shape index (κ2) is 3.83. The van der Waals surface area contributed by atoms with Crippen LogP contribution in [0.1, 0.15) is 0 Å². The van der Waals surface area contributed by atoms with Crippen LogP contribution in [-0.2, 0) is 0 Å². The Morgan fingerprint density at radius 1 is 1.14 bits per heavy atom. The lowest BCUT2D eigenvalue weighted by molar-refractivity contribution is 0.374. The van der Waals surface area contributed by atoms with Gasteiger partial charge in [0.25, 0.3) is 0 Å². The third-order valence-electron chi connectivity index (χ3n) is 1.79. The summed E-state index contributed by atoms with van der Waals surface area (Å²) >= 11 is 0. The first kappa shape index (κ1) is 8.62. The summed E-state index contributed by atoms with van der Waals surface area (Å²) in [5.74, 6) is 0. The van der Waals surface area contributed by atoms with Crippen molar-refractivity contribution >= 4 is 0 Å². The van der Waals surface area contributed by atoms with Crippen molar-refractivity contribution in [3.05, 3.63) is 36.5 Å². The van der Waals surface area contributed by atoms with Crippen LogP contribution in [0.2, 0.25) is 0 Å². The van der Waals surface area contributed by atoms with Gasteiger partial charge in [0, 0.05) is 5.56 Å². The van der Waals surface area contributed by atoms with Crippen molar-refractivity contribution in [3.8, 4) is 17.3 Å². The highest BCUT2D eigenvalue weighted by molar-refractivity contribution is 5.57. The standard InChI is InChI=1S/C10H9N3O/c1-14-10-12-9(7-11-13-10)8-5-3-2-4-6-8/h2-7H,1H3. The summed E-state index contributed by atoms with van der Waals surface area (Å²) in [6.45, 7) is 0. The highest BCUT2D eigenvalue weighted by Gasteiger charge is 2.01. The zero-order chi connectivity index (χ0) is 9.80. The SMILES string of the molecule is COc1nncc(-c2ccccc2)n1. The van der Waals surface area contributed by atoms with E-state index >= 15 is 0 Å². The third-order valence-corrected chi connectivity index (χ3v) is 1.79. The Hall–Kier alpha value is -1.97. The van der Waals surface area contributed by atoms with Crippen LogP contribution in [0.25, 0.3) is 11.3 Å². The lowest BCUT2D eigenvalue weighted by Crippen LogP contribution is -1.95. The molecule has 1 heterocycles. The lowest BCUT2D eigenvalue weighted by atomic mass is 10.2. The van der Waals surface area contributed by atoms with E-state index in [0.717, 1.165) is 11.3 Å². The molecule has 0 aliphatic heterocycles. The molecular formula is C10H9N3O. The number of hydrogen-bond acceptors (Lipinski definition) is 4. The summed E-state index contributed by atoms with van der Waals surface area (Å²) < 4.78 is 4.89. The van der Waals surface area contributed by atoms with Crippen LogP contribution in [0.3, 0.4) is 0 Å². The summed E-state index contributed by atoms with van der Waals surface area (Å²) in [6, 6.07) is 10.1. The fourth-order valence-corrected chi connectivity index (χ4v) is 1.12. The molecule has 0 amide bonds. The molecule has 4 heteroatoms. The van der Waals surface area contributed by atoms with Crippen molar-refractivity contribution in [1.82, 2.24) is 15.2 Å². The van der Waals surface area contributed by atoms with E-state index in [1.165, 1.54) is 7.11 Å². The third kappa shape index (κ3) is 1.69. The van der Waals surface area contributed by atoms with Gasteiger partial charge in [-0.25, -0.2) is 0 Å². The molecule has 0 aliphatic rings. The van der Waals surface area contributed by atoms with E-state index in [1.807, 2.05) is 30.3 Å². The zero-order valence-electron chi connectivity index (χ0n) is 7.71. The monoisotopic (exact) mass is 187 g/mol. The number of nitrogens with zero attached hydrogens (tertiary/aromatic N) is 3. The minimum atomic E-state index is 0.284. The molecular weight excluding hydrogens is 178 g/mol. The second-order valence-electron chi connectivity index (χ2n) is 2.69. The van der Waals surface area contributed by atoms with Crippen LogP contribution in [0.15, 0.2) is 36.5 Å². The lowest BCUT2D eigenvalue weighted by Gasteiger charge is -2.00. The molecule has 1 aromatic carbocycles. The van der Waals surface area contributed by atoms with Crippen molar-refractivity contribution < 1.29 is 4.74 Å². The van der Waals surface area contributed by atoms with Crippen molar-refractivity contribution in [1.29, 1.82) is 0 Å². The van der Waals surface area contributed by atoms with Crippen molar-refractivity contribution in [2.24, 2.45) is 0 Å². The van der Waals surface area contributed by atoms with Gasteiger partial charge in [-0.3, -0.25) is 0 Å². The molecule has 4 nitrogen and oxygen atoms in total. The maximum absolute atomic E-state index is 4.89. The van der Waals surface area contributed by atoms with Gasteiger partial charge >= 0.3 is 6.01 Å². The van der Waals surface area contributed by atoms with Gasteiger partial charge in [0.1, 0.15) is 0 Å². The minimum absolute atomic E-state index is 0.284. The average Bonchev–Trinajstić information content (AvgIpc) is 2.30. The van der Waals surface area contributed by atoms with Gasteiger partial charge < -0.3 is 4.74 Å². The second-order valence-corrected chi connectivity index (χ2v) is 2.69.